The Labute approximate surface area is 136 Å². The topological polar surface area (TPSA) is 79.9 Å². The molecule has 0 aliphatic carbocycles. The Morgan fingerprint density at radius 1 is 1.17 bits per heavy atom. The summed E-state index contributed by atoms with van der Waals surface area (Å²) in [5.41, 5.74) is 1.51. The second-order valence-electron chi connectivity index (χ2n) is 5.09. The molecule has 0 aliphatic rings. The van der Waals surface area contributed by atoms with Crippen LogP contribution in [-0.4, -0.2) is 32.4 Å². The first-order chi connectivity index (χ1) is 11.1. The van der Waals surface area contributed by atoms with E-state index in [-0.39, 0.29) is 11.6 Å². The van der Waals surface area contributed by atoms with Crippen LogP contribution in [0.3, 0.4) is 0 Å². The lowest BCUT2D eigenvalue weighted by Gasteiger charge is -2.06. The quantitative estimate of drug-likeness (QED) is 0.634. The van der Waals surface area contributed by atoms with Gasteiger partial charge in [0.25, 0.3) is 0 Å². The summed E-state index contributed by atoms with van der Waals surface area (Å²) in [5, 5.41) is 24.2. The van der Waals surface area contributed by atoms with Crippen LogP contribution in [0, 0.1) is 0 Å². The number of aromatic hydroxyl groups is 2. The molecule has 1 aromatic carbocycles. The number of nitrogens with zero attached hydrogens (tertiary/aromatic N) is 3. The Morgan fingerprint density at radius 3 is 2.43 bits per heavy atom. The van der Waals surface area contributed by atoms with Crippen LogP contribution in [0.25, 0.3) is 0 Å². The summed E-state index contributed by atoms with van der Waals surface area (Å²) >= 11 is 0. The zero-order valence-corrected chi connectivity index (χ0v) is 13.8. The van der Waals surface area contributed by atoms with Crippen molar-refractivity contribution in [1.29, 1.82) is 0 Å². The lowest BCUT2D eigenvalue weighted by Crippen LogP contribution is -2.07. The van der Waals surface area contributed by atoms with Crippen LogP contribution < -0.4 is 0 Å². The molecule has 0 saturated heterocycles. The third-order valence-electron chi connectivity index (χ3n) is 3.42. The zero-order chi connectivity index (χ0) is 16.8. The molecule has 23 heavy (non-hydrogen) atoms. The summed E-state index contributed by atoms with van der Waals surface area (Å²) in [6.45, 7) is 6.34. The summed E-state index contributed by atoms with van der Waals surface area (Å²) in [4.78, 5) is 4.48. The van der Waals surface area contributed by atoms with E-state index in [0.717, 1.165) is 5.56 Å². The van der Waals surface area contributed by atoms with Gasteiger partial charge in [-0.3, -0.25) is 0 Å². The maximum absolute atomic E-state index is 10.5. The number of benzene rings is 1. The second-order valence-corrected chi connectivity index (χ2v) is 5.09. The van der Waals surface area contributed by atoms with Crippen LogP contribution in [0.5, 0.6) is 11.6 Å². The van der Waals surface area contributed by atoms with Gasteiger partial charge in [-0.05, 0) is 24.6 Å². The largest absolute Gasteiger partial charge is 0.508 e. The van der Waals surface area contributed by atoms with Gasteiger partial charge < -0.3 is 14.9 Å². The minimum Gasteiger partial charge on any atom is -0.508 e. The van der Waals surface area contributed by atoms with Crippen molar-refractivity contribution in [2.75, 3.05) is 6.61 Å². The molecular formula is C17H23N3O3. The van der Waals surface area contributed by atoms with Gasteiger partial charge in [-0.1, -0.05) is 26.0 Å². The highest BCUT2D eigenvalue weighted by molar-refractivity contribution is 5.75. The van der Waals surface area contributed by atoms with E-state index in [1.54, 1.807) is 24.3 Å². The number of rotatable bonds is 6. The number of aryl methyl sites for hydroxylation is 1. The zero-order valence-electron chi connectivity index (χ0n) is 13.8. The minimum absolute atomic E-state index is 0.0283. The summed E-state index contributed by atoms with van der Waals surface area (Å²) < 4.78 is 6.90. The van der Waals surface area contributed by atoms with Crippen LogP contribution in [0.1, 0.15) is 44.3 Å². The Bertz CT molecular complexity index is 675. The average Bonchev–Trinajstić information content (AvgIpc) is 2.85. The molecule has 0 spiro atoms. The predicted octanol–water partition coefficient (Wildman–Crippen LogP) is 3.06. The number of ether oxygens (including phenoxy) is 1. The summed E-state index contributed by atoms with van der Waals surface area (Å²) in [5.74, 6) is 1.49. The normalized spacial score (nSPS) is 11.7. The Kier molecular flexibility index (Phi) is 5.62. The van der Waals surface area contributed by atoms with E-state index >= 15 is 0 Å². The van der Waals surface area contributed by atoms with Gasteiger partial charge in [0.15, 0.2) is 0 Å². The first kappa shape index (κ1) is 16.9. The Balaban J connectivity index is 2.34. The molecule has 6 nitrogen and oxygen atoms in total. The summed E-state index contributed by atoms with van der Waals surface area (Å²) in [6.07, 6.45) is 1.76. The molecule has 0 unspecified atom stereocenters. The molecule has 0 fully saturated rings. The molecule has 0 amide bonds. The molecule has 2 N–H and O–H groups in total. The van der Waals surface area contributed by atoms with Gasteiger partial charge in [-0.15, -0.1) is 5.10 Å². The SMILES string of the molecule is CCOC(CC)=Nn1c(CC)nc(Cc2ccc(O)cc2)c1O. The third kappa shape index (κ3) is 4.03. The maximum atomic E-state index is 10.5. The van der Waals surface area contributed by atoms with E-state index in [4.69, 9.17) is 4.74 Å². The highest BCUT2D eigenvalue weighted by Gasteiger charge is 2.16. The number of hydrogen-bond acceptors (Lipinski definition) is 5. The van der Waals surface area contributed by atoms with E-state index in [9.17, 15) is 10.2 Å². The van der Waals surface area contributed by atoms with Gasteiger partial charge in [0, 0.05) is 19.3 Å². The third-order valence-corrected chi connectivity index (χ3v) is 3.42. The molecule has 2 rings (SSSR count). The summed E-state index contributed by atoms with van der Waals surface area (Å²) in [6, 6.07) is 6.85. The van der Waals surface area contributed by atoms with Crippen molar-refractivity contribution in [2.45, 2.75) is 40.0 Å². The van der Waals surface area contributed by atoms with Crippen LogP contribution in [0.15, 0.2) is 29.4 Å². The van der Waals surface area contributed by atoms with Crippen molar-refractivity contribution in [3.8, 4) is 11.6 Å². The van der Waals surface area contributed by atoms with Crippen molar-refractivity contribution in [3.63, 3.8) is 0 Å². The number of imidazole rings is 1. The molecule has 1 heterocycles. The maximum Gasteiger partial charge on any atom is 0.236 e. The molecule has 0 atom stereocenters. The van der Waals surface area contributed by atoms with Crippen LogP contribution in [-0.2, 0) is 17.6 Å². The average molecular weight is 317 g/mol. The van der Waals surface area contributed by atoms with E-state index in [1.807, 2.05) is 20.8 Å². The molecule has 0 bridgehead atoms. The first-order valence-corrected chi connectivity index (χ1v) is 7.86. The monoisotopic (exact) mass is 317 g/mol. The van der Waals surface area contributed by atoms with Crippen LogP contribution in [0.2, 0.25) is 0 Å². The van der Waals surface area contributed by atoms with Gasteiger partial charge in [0.05, 0.1) is 6.61 Å². The molecule has 0 aliphatic heterocycles. The number of aromatic nitrogens is 2. The number of phenols is 1. The summed E-state index contributed by atoms with van der Waals surface area (Å²) in [7, 11) is 0. The lowest BCUT2D eigenvalue weighted by molar-refractivity contribution is 0.312. The standard InChI is InChI=1S/C17H23N3O3/c1-4-15-18-14(11-12-7-9-13(21)10-8-12)17(22)20(15)19-16(5-2)23-6-3/h7-10,21-22H,4-6,11H2,1-3H3. The predicted molar refractivity (Wildman–Crippen MR) is 88.9 cm³/mol. The van der Waals surface area contributed by atoms with Gasteiger partial charge in [0.1, 0.15) is 17.3 Å². The van der Waals surface area contributed by atoms with Crippen molar-refractivity contribution >= 4 is 5.90 Å². The lowest BCUT2D eigenvalue weighted by atomic mass is 10.1. The van der Waals surface area contributed by atoms with E-state index in [0.29, 0.717) is 43.3 Å². The molecule has 2 aromatic rings. The van der Waals surface area contributed by atoms with Gasteiger partial charge >= 0.3 is 0 Å². The van der Waals surface area contributed by atoms with Crippen LogP contribution >= 0.6 is 0 Å². The van der Waals surface area contributed by atoms with Crippen molar-refractivity contribution in [2.24, 2.45) is 5.10 Å². The first-order valence-electron chi connectivity index (χ1n) is 7.86. The van der Waals surface area contributed by atoms with Crippen LogP contribution in [0.4, 0.5) is 0 Å². The molecule has 0 radical (unpaired) electrons. The minimum atomic E-state index is 0.0283. The number of phenolic OH excluding ortho intramolecular Hbond substituents is 1. The van der Waals surface area contributed by atoms with Gasteiger partial charge in [-0.2, -0.15) is 4.68 Å². The molecule has 1 aromatic heterocycles. The van der Waals surface area contributed by atoms with E-state index in [1.165, 1.54) is 4.68 Å². The van der Waals surface area contributed by atoms with Crippen molar-refractivity contribution in [3.05, 3.63) is 41.3 Å². The number of hydrogen-bond donors (Lipinski definition) is 2. The fraction of sp³-hybridized carbons (Fsp3) is 0.412. The van der Waals surface area contributed by atoms with E-state index < -0.39 is 0 Å². The highest BCUT2D eigenvalue weighted by atomic mass is 16.5. The molecular weight excluding hydrogens is 294 g/mol. The molecule has 124 valence electrons. The second kappa shape index (κ2) is 7.67. The Hall–Kier alpha value is -2.50. The Morgan fingerprint density at radius 2 is 1.87 bits per heavy atom. The van der Waals surface area contributed by atoms with Gasteiger partial charge in [-0.25, -0.2) is 4.98 Å². The smallest absolute Gasteiger partial charge is 0.236 e. The molecule has 6 heteroatoms. The fourth-order valence-corrected chi connectivity index (χ4v) is 2.24. The van der Waals surface area contributed by atoms with Crippen molar-refractivity contribution < 1.29 is 14.9 Å². The fourth-order valence-electron chi connectivity index (χ4n) is 2.24. The van der Waals surface area contributed by atoms with E-state index in [2.05, 4.69) is 10.1 Å². The molecule has 0 saturated carbocycles. The highest BCUT2D eigenvalue weighted by Crippen LogP contribution is 2.23. The van der Waals surface area contributed by atoms with Gasteiger partial charge in [0.2, 0.25) is 11.8 Å². The van der Waals surface area contributed by atoms with Crippen molar-refractivity contribution in [1.82, 2.24) is 9.66 Å².